The summed E-state index contributed by atoms with van der Waals surface area (Å²) in [6.07, 6.45) is 3.52. The molecule has 0 bridgehead atoms. The van der Waals surface area contributed by atoms with Crippen molar-refractivity contribution in [2.75, 3.05) is 13.1 Å². The van der Waals surface area contributed by atoms with Gasteiger partial charge < -0.3 is 5.32 Å². The third-order valence-electron chi connectivity index (χ3n) is 3.48. The lowest BCUT2D eigenvalue weighted by molar-refractivity contribution is 0.455. The van der Waals surface area contributed by atoms with E-state index in [4.69, 9.17) is 4.98 Å². The number of hydrogen-bond acceptors (Lipinski definition) is 3. The quantitative estimate of drug-likeness (QED) is 0.914. The van der Waals surface area contributed by atoms with Crippen LogP contribution in [0.3, 0.4) is 0 Å². The van der Waals surface area contributed by atoms with Crippen molar-refractivity contribution in [3.05, 3.63) is 52.0 Å². The van der Waals surface area contributed by atoms with Crippen LogP contribution in [0.2, 0.25) is 0 Å². The SMILES string of the molecule is c1ccc(Cc2nc(C3CCCNC3)cs2)cc1. The van der Waals surface area contributed by atoms with Crippen molar-refractivity contribution < 1.29 is 0 Å². The van der Waals surface area contributed by atoms with Gasteiger partial charge in [-0.3, -0.25) is 0 Å². The highest BCUT2D eigenvalue weighted by molar-refractivity contribution is 7.09. The molecule has 1 atom stereocenters. The molecule has 18 heavy (non-hydrogen) atoms. The van der Waals surface area contributed by atoms with Gasteiger partial charge in [-0.2, -0.15) is 0 Å². The fourth-order valence-corrected chi connectivity index (χ4v) is 3.38. The molecule has 2 aromatic rings. The van der Waals surface area contributed by atoms with Crippen molar-refractivity contribution in [1.82, 2.24) is 10.3 Å². The van der Waals surface area contributed by atoms with E-state index in [0.717, 1.165) is 19.5 Å². The van der Waals surface area contributed by atoms with E-state index in [9.17, 15) is 0 Å². The first-order valence-electron chi connectivity index (χ1n) is 6.61. The first-order chi connectivity index (χ1) is 8.92. The molecule has 3 heteroatoms. The van der Waals surface area contributed by atoms with Crippen LogP contribution in [-0.2, 0) is 6.42 Å². The minimum Gasteiger partial charge on any atom is -0.316 e. The summed E-state index contributed by atoms with van der Waals surface area (Å²) in [6, 6.07) is 10.6. The van der Waals surface area contributed by atoms with Crippen LogP contribution in [0.5, 0.6) is 0 Å². The van der Waals surface area contributed by atoms with E-state index in [0.29, 0.717) is 5.92 Å². The summed E-state index contributed by atoms with van der Waals surface area (Å²) in [5.74, 6) is 0.625. The molecule has 2 heterocycles. The second kappa shape index (κ2) is 5.63. The van der Waals surface area contributed by atoms with Crippen LogP contribution in [0.15, 0.2) is 35.7 Å². The molecular weight excluding hydrogens is 240 g/mol. The number of rotatable bonds is 3. The Bertz CT molecular complexity index is 486. The second-order valence-electron chi connectivity index (χ2n) is 4.87. The average Bonchev–Trinajstić information content (AvgIpc) is 2.89. The predicted molar refractivity (Wildman–Crippen MR) is 76.2 cm³/mol. The Morgan fingerprint density at radius 2 is 2.17 bits per heavy atom. The number of hydrogen-bond donors (Lipinski definition) is 1. The molecule has 1 saturated heterocycles. The molecule has 1 aliphatic heterocycles. The molecule has 0 saturated carbocycles. The number of thiazole rings is 1. The topological polar surface area (TPSA) is 24.9 Å². The zero-order valence-corrected chi connectivity index (χ0v) is 11.2. The average molecular weight is 258 g/mol. The molecular formula is C15H18N2S. The van der Waals surface area contributed by atoms with Crippen LogP contribution in [0.25, 0.3) is 0 Å². The first-order valence-corrected chi connectivity index (χ1v) is 7.49. The Hall–Kier alpha value is -1.19. The van der Waals surface area contributed by atoms with E-state index in [-0.39, 0.29) is 0 Å². The number of aromatic nitrogens is 1. The molecule has 1 aromatic carbocycles. The van der Waals surface area contributed by atoms with Gasteiger partial charge in [-0.05, 0) is 24.9 Å². The maximum Gasteiger partial charge on any atom is 0.0972 e. The van der Waals surface area contributed by atoms with Gasteiger partial charge >= 0.3 is 0 Å². The molecule has 1 unspecified atom stereocenters. The highest BCUT2D eigenvalue weighted by Crippen LogP contribution is 2.25. The molecule has 0 amide bonds. The third kappa shape index (κ3) is 2.79. The maximum atomic E-state index is 4.81. The molecule has 94 valence electrons. The zero-order valence-electron chi connectivity index (χ0n) is 10.4. The third-order valence-corrected chi connectivity index (χ3v) is 4.35. The second-order valence-corrected chi connectivity index (χ2v) is 5.81. The van der Waals surface area contributed by atoms with E-state index in [2.05, 4.69) is 41.0 Å². The highest BCUT2D eigenvalue weighted by Gasteiger charge is 2.17. The van der Waals surface area contributed by atoms with E-state index in [1.807, 2.05) is 0 Å². The minimum atomic E-state index is 0.625. The van der Waals surface area contributed by atoms with E-state index >= 15 is 0 Å². The van der Waals surface area contributed by atoms with Crippen molar-refractivity contribution in [2.24, 2.45) is 0 Å². The van der Waals surface area contributed by atoms with E-state index in [1.165, 1.54) is 29.1 Å². The van der Waals surface area contributed by atoms with Crippen LogP contribution >= 0.6 is 11.3 Å². The molecule has 0 radical (unpaired) electrons. The van der Waals surface area contributed by atoms with Gasteiger partial charge in [0, 0.05) is 24.3 Å². The molecule has 1 N–H and O–H groups in total. The monoisotopic (exact) mass is 258 g/mol. The van der Waals surface area contributed by atoms with Gasteiger partial charge in [0.25, 0.3) is 0 Å². The van der Waals surface area contributed by atoms with Gasteiger partial charge in [0.1, 0.15) is 0 Å². The van der Waals surface area contributed by atoms with Crippen LogP contribution in [0.1, 0.15) is 35.0 Å². The summed E-state index contributed by atoms with van der Waals surface area (Å²) < 4.78 is 0. The Morgan fingerprint density at radius 1 is 1.28 bits per heavy atom. The van der Waals surface area contributed by atoms with Gasteiger partial charge in [0.05, 0.1) is 10.7 Å². The summed E-state index contributed by atoms with van der Waals surface area (Å²) in [7, 11) is 0. The van der Waals surface area contributed by atoms with Crippen LogP contribution < -0.4 is 5.32 Å². The predicted octanol–water partition coefficient (Wildman–Crippen LogP) is 3.20. The highest BCUT2D eigenvalue weighted by atomic mass is 32.1. The molecule has 1 fully saturated rings. The minimum absolute atomic E-state index is 0.625. The summed E-state index contributed by atoms with van der Waals surface area (Å²) in [4.78, 5) is 4.81. The normalized spacial score (nSPS) is 19.9. The summed E-state index contributed by atoms with van der Waals surface area (Å²) in [5.41, 5.74) is 2.64. The molecule has 2 nitrogen and oxygen atoms in total. The van der Waals surface area contributed by atoms with Crippen molar-refractivity contribution in [1.29, 1.82) is 0 Å². The number of benzene rings is 1. The Kier molecular flexibility index (Phi) is 3.72. The fourth-order valence-electron chi connectivity index (χ4n) is 2.47. The van der Waals surface area contributed by atoms with E-state index < -0.39 is 0 Å². The maximum absolute atomic E-state index is 4.81. The molecule has 1 aromatic heterocycles. The Balaban J connectivity index is 1.69. The van der Waals surface area contributed by atoms with Gasteiger partial charge in [0.15, 0.2) is 0 Å². The van der Waals surface area contributed by atoms with Crippen molar-refractivity contribution in [3.63, 3.8) is 0 Å². The van der Waals surface area contributed by atoms with Crippen molar-refractivity contribution >= 4 is 11.3 Å². The lowest BCUT2D eigenvalue weighted by atomic mass is 9.97. The van der Waals surface area contributed by atoms with Crippen molar-refractivity contribution in [3.8, 4) is 0 Å². The molecule has 1 aliphatic rings. The number of nitrogens with zero attached hydrogens (tertiary/aromatic N) is 1. The largest absolute Gasteiger partial charge is 0.316 e. The summed E-state index contributed by atoms with van der Waals surface area (Å²) in [5, 5.41) is 6.94. The Morgan fingerprint density at radius 3 is 2.94 bits per heavy atom. The van der Waals surface area contributed by atoms with Gasteiger partial charge in [-0.15, -0.1) is 11.3 Å². The molecule has 0 spiro atoms. The number of piperidine rings is 1. The fraction of sp³-hybridized carbons (Fsp3) is 0.400. The smallest absolute Gasteiger partial charge is 0.0972 e. The van der Waals surface area contributed by atoms with Crippen LogP contribution in [0, 0.1) is 0 Å². The Labute approximate surface area is 112 Å². The zero-order chi connectivity index (χ0) is 12.2. The molecule has 3 rings (SSSR count). The summed E-state index contributed by atoms with van der Waals surface area (Å²) >= 11 is 1.80. The van der Waals surface area contributed by atoms with Gasteiger partial charge in [0.2, 0.25) is 0 Å². The van der Waals surface area contributed by atoms with Gasteiger partial charge in [-0.1, -0.05) is 30.3 Å². The van der Waals surface area contributed by atoms with Gasteiger partial charge in [-0.25, -0.2) is 4.98 Å². The lowest BCUT2D eigenvalue weighted by Crippen LogP contribution is -2.28. The first kappa shape index (κ1) is 11.9. The summed E-state index contributed by atoms with van der Waals surface area (Å²) in [6.45, 7) is 2.26. The van der Waals surface area contributed by atoms with Crippen molar-refractivity contribution in [2.45, 2.75) is 25.2 Å². The van der Waals surface area contributed by atoms with E-state index in [1.54, 1.807) is 11.3 Å². The van der Waals surface area contributed by atoms with Crippen LogP contribution in [-0.4, -0.2) is 18.1 Å². The lowest BCUT2D eigenvalue weighted by Gasteiger charge is -2.20. The van der Waals surface area contributed by atoms with Crippen LogP contribution in [0.4, 0.5) is 0 Å². The standard InChI is InChI=1S/C15H18N2S/c1-2-5-12(6-3-1)9-15-17-14(11-18-15)13-7-4-8-16-10-13/h1-3,5-6,11,13,16H,4,7-10H2. The molecule has 0 aliphatic carbocycles. The number of nitrogens with one attached hydrogen (secondary N) is 1.